The standard InChI is InChI=1S/C11H16BrNO3S/c1-9-4-5-11(10(12)8-9)17(15,16)13-6-2-3-7-14/h4-5,8,13-14H,2-3,6-7H2,1H3. The molecule has 96 valence electrons. The number of aliphatic hydroxyl groups is 1. The van der Waals surface area contributed by atoms with E-state index in [4.69, 9.17) is 5.11 Å². The van der Waals surface area contributed by atoms with Gasteiger partial charge in [-0.3, -0.25) is 0 Å². The quantitative estimate of drug-likeness (QED) is 0.785. The van der Waals surface area contributed by atoms with Crippen molar-refractivity contribution < 1.29 is 13.5 Å². The van der Waals surface area contributed by atoms with Crippen molar-refractivity contribution in [2.45, 2.75) is 24.7 Å². The second-order valence-electron chi connectivity index (χ2n) is 3.76. The lowest BCUT2D eigenvalue weighted by molar-refractivity contribution is 0.285. The minimum Gasteiger partial charge on any atom is -0.396 e. The molecule has 0 saturated heterocycles. The van der Waals surface area contributed by atoms with Crippen LogP contribution in [-0.4, -0.2) is 26.7 Å². The highest BCUT2D eigenvalue weighted by Gasteiger charge is 2.16. The van der Waals surface area contributed by atoms with Crippen LogP contribution < -0.4 is 4.72 Å². The van der Waals surface area contributed by atoms with Gasteiger partial charge in [0, 0.05) is 17.6 Å². The summed E-state index contributed by atoms with van der Waals surface area (Å²) in [4.78, 5) is 0.243. The van der Waals surface area contributed by atoms with E-state index in [1.165, 1.54) is 0 Å². The van der Waals surface area contributed by atoms with Gasteiger partial charge in [-0.25, -0.2) is 13.1 Å². The number of unbranched alkanes of at least 4 members (excludes halogenated alkanes) is 1. The molecule has 17 heavy (non-hydrogen) atoms. The van der Waals surface area contributed by atoms with Gasteiger partial charge in [0.05, 0.1) is 4.90 Å². The molecule has 0 aliphatic heterocycles. The summed E-state index contributed by atoms with van der Waals surface area (Å²) in [6.07, 6.45) is 1.22. The van der Waals surface area contributed by atoms with Crippen molar-refractivity contribution in [2.75, 3.05) is 13.2 Å². The highest BCUT2D eigenvalue weighted by molar-refractivity contribution is 9.10. The van der Waals surface area contributed by atoms with Crippen molar-refractivity contribution in [2.24, 2.45) is 0 Å². The fourth-order valence-electron chi connectivity index (χ4n) is 1.34. The van der Waals surface area contributed by atoms with Gasteiger partial charge in [-0.15, -0.1) is 0 Å². The fourth-order valence-corrected chi connectivity index (χ4v) is 3.61. The molecule has 0 bridgehead atoms. The average molecular weight is 322 g/mol. The van der Waals surface area contributed by atoms with Gasteiger partial charge in [0.1, 0.15) is 0 Å². The van der Waals surface area contributed by atoms with Gasteiger partial charge in [-0.1, -0.05) is 6.07 Å². The Morgan fingerprint density at radius 3 is 2.65 bits per heavy atom. The molecule has 0 aliphatic carbocycles. The minimum absolute atomic E-state index is 0.0793. The summed E-state index contributed by atoms with van der Waals surface area (Å²) in [6.45, 7) is 2.31. The number of halogens is 1. The van der Waals surface area contributed by atoms with Crippen molar-refractivity contribution in [3.63, 3.8) is 0 Å². The van der Waals surface area contributed by atoms with Crippen molar-refractivity contribution in [3.05, 3.63) is 28.2 Å². The molecule has 1 rings (SSSR count). The zero-order valence-corrected chi connectivity index (χ0v) is 12.0. The van der Waals surface area contributed by atoms with Crippen molar-refractivity contribution in [1.82, 2.24) is 4.72 Å². The molecule has 2 N–H and O–H groups in total. The number of nitrogens with one attached hydrogen (secondary N) is 1. The Kier molecular flexibility index (Phi) is 5.58. The lowest BCUT2D eigenvalue weighted by atomic mass is 10.2. The van der Waals surface area contributed by atoms with E-state index in [1.807, 2.05) is 6.92 Å². The summed E-state index contributed by atoms with van der Waals surface area (Å²) in [5.74, 6) is 0. The molecule has 1 aromatic carbocycles. The molecule has 0 unspecified atom stereocenters. The van der Waals surface area contributed by atoms with E-state index in [0.717, 1.165) is 5.56 Å². The molecule has 0 aromatic heterocycles. The molecule has 0 amide bonds. The number of aryl methyl sites for hydroxylation is 1. The van der Waals surface area contributed by atoms with E-state index in [-0.39, 0.29) is 11.5 Å². The smallest absolute Gasteiger partial charge is 0.241 e. The molecule has 4 nitrogen and oxygen atoms in total. The third-order valence-corrected chi connectivity index (χ3v) is 4.69. The van der Waals surface area contributed by atoms with Crippen molar-refractivity contribution >= 4 is 26.0 Å². The molecular formula is C11H16BrNO3S. The van der Waals surface area contributed by atoms with Crippen molar-refractivity contribution in [3.8, 4) is 0 Å². The Morgan fingerprint density at radius 2 is 2.06 bits per heavy atom. The average Bonchev–Trinajstić information content (AvgIpc) is 2.24. The SMILES string of the molecule is Cc1ccc(S(=O)(=O)NCCCCO)c(Br)c1. The van der Waals surface area contributed by atoms with E-state index in [9.17, 15) is 8.42 Å². The molecule has 0 heterocycles. The third kappa shape index (κ3) is 4.39. The Hall–Kier alpha value is -0.430. The van der Waals surface area contributed by atoms with E-state index in [1.54, 1.807) is 18.2 Å². The van der Waals surface area contributed by atoms with Gasteiger partial charge in [0.15, 0.2) is 0 Å². The summed E-state index contributed by atoms with van der Waals surface area (Å²) in [6, 6.07) is 5.10. The number of hydrogen-bond donors (Lipinski definition) is 2. The predicted molar refractivity (Wildman–Crippen MR) is 70.4 cm³/mol. The maximum Gasteiger partial charge on any atom is 0.241 e. The van der Waals surface area contributed by atoms with Crippen LogP contribution in [0.15, 0.2) is 27.6 Å². The van der Waals surface area contributed by atoms with Crippen LogP contribution in [0.4, 0.5) is 0 Å². The normalized spacial score (nSPS) is 11.7. The first kappa shape index (κ1) is 14.6. The van der Waals surface area contributed by atoms with Crippen LogP contribution >= 0.6 is 15.9 Å². The third-order valence-electron chi connectivity index (χ3n) is 2.25. The molecule has 0 atom stereocenters. The Morgan fingerprint density at radius 1 is 1.35 bits per heavy atom. The summed E-state index contributed by atoms with van der Waals surface area (Å²) in [5.41, 5.74) is 0.996. The van der Waals surface area contributed by atoms with Gasteiger partial charge in [0.2, 0.25) is 10.0 Å². The predicted octanol–water partition coefficient (Wildman–Crippen LogP) is 1.81. The molecule has 1 aromatic rings. The van der Waals surface area contributed by atoms with E-state index in [2.05, 4.69) is 20.7 Å². The number of sulfonamides is 1. The van der Waals surface area contributed by atoms with E-state index >= 15 is 0 Å². The molecular weight excluding hydrogens is 306 g/mol. The van der Waals surface area contributed by atoms with E-state index in [0.29, 0.717) is 23.9 Å². The molecule has 0 radical (unpaired) electrons. The van der Waals surface area contributed by atoms with Gasteiger partial charge >= 0.3 is 0 Å². The Balaban J connectivity index is 2.76. The molecule has 0 fully saturated rings. The van der Waals surface area contributed by atoms with E-state index < -0.39 is 10.0 Å². The second-order valence-corrected chi connectivity index (χ2v) is 6.35. The van der Waals surface area contributed by atoms with Gasteiger partial charge in [0.25, 0.3) is 0 Å². The van der Waals surface area contributed by atoms with Crippen LogP contribution in [0.1, 0.15) is 18.4 Å². The zero-order chi connectivity index (χ0) is 12.9. The molecule has 6 heteroatoms. The number of hydrogen-bond acceptors (Lipinski definition) is 3. The van der Waals surface area contributed by atoms with Gasteiger partial charge < -0.3 is 5.11 Å². The summed E-state index contributed by atoms with van der Waals surface area (Å²) < 4.78 is 26.9. The number of benzene rings is 1. The lowest BCUT2D eigenvalue weighted by Crippen LogP contribution is -2.25. The maximum absolute atomic E-state index is 11.9. The summed E-state index contributed by atoms with van der Waals surface area (Å²) in [5, 5.41) is 8.60. The Labute approximate surface area is 110 Å². The van der Waals surface area contributed by atoms with Crippen LogP contribution in [0.2, 0.25) is 0 Å². The van der Waals surface area contributed by atoms with Crippen LogP contribution in [0, 0.1) is 6.92 Å². The van der Waals surface area contributed by atoms with Crippen LogP contribution in [0.3, 0.4) is 0 Å². The van der Waals surface area contributed by atoms with Gasteiger partial charge in [-0.2, -0.15) is 0 Å². The molecule has 0 saturated carbocycles. The Bertz CT molecular complexity index is 474. The van der Waals surface area contributed by atoms with Crippen LogP contribution in [-0.2, 0) is 10.0 Å². The number of aliphatic hydroxyl groups excluding tert-OH is 1. The maximum atomic E-state index is 11.9. The zero-order valence-electron chi connectivity index (χ0n) is 9.61. The van der Waals surface area contributed by atoms with Crippen LogP contribution in [0.25, 0.3) is 0 Å². The first-order chi connectivity index (χ1) is 7.97. The first-order valence-corrected chi connectivity index (χ1v) is 7.61. The highest BCUT2D eigenvalue weighted by Crippen LogP contribution is 2.22. The summed E-state index contributed by atoms with van der Waals surface area (Å²) in [7, 11) is -3.47. The minimum atomic E-state index is -3.47. The highest BCUT2D eigenvalue weighted by atomic mass is 79.9. The van der Waals surface area contributed by atoms with Gasteiger partial charge in [-0.05, 0) is 53.4 Å². The fraction of sp³-hybridized carbons (Fsp3) is 0.455. The first-order valence-electron chi connectivity index (χ1n) is 5.34. The van der Waals surface area contributed by atoms with Crippen LogP contribution in [0.5, 0.6) is 0 Å². The topological polar surface area (TPSA) is 66.4 Å². The second kappa shape index (κ2) is 6.49. The number of rotatable bonds is 6. The van der Waals surface area contributed by atoms with Crippen molar-refractivity contribution in [1.29, 1.82) is 0 Å². The molecule has 0 spiro atoms. The monoisotopic (exact) mass is 321 g/mol. The lowest BCUT2D eigenvalue weighted by Gasteiger charge is -2.08. The molecule has 0 aliphatic rings. The largest absolute Gasteiger partial charge is 0.396 e. The summed E-state index contributed by atoms with van der Waals surface area (Å²) >= 11 is 3.25.